The van der Waals surface area contributed by atoms with Crippen LogP contribution in [-0.2, 0) is 9.53 Å². The van der Waals surface area contributed by atoms with Crippen LogP contribution in [0.2, 0.25) is 0 Å². The normalized spacial score (nSPS) is 11.9. The quantitative estimate of drug-likeness (QED) is 0.848. The molecule has 0 aliphatic rings. The molecule has 0 spiro atoms. The Morgan fingerprint density at radius 2 is 1.65 bits per heavy atom. The molecule has 0 heterocycles. The van der Waals surface area contributed by atoms with Crippen molar-refractivity contribution < 1.29 is 14.6 Å². The predicted molar refractivity (Wildman–Crippen MR) is 78.1 cm³/mol. The topological polar surface area (TPSA) is 46.5 Å². The summed E-state index contributed by atoms with van der Waals surface area (Å²) in [6, 6.07) is 17.8. The Labute approximate surface area is 118 Å². The van der Waals surface area contributed by atoms with Gasteiger partial charge in [-0.3, -0.25) is 4.79 Å². The van der Waals surface area contributed by atoms with Gasteiger partial charge in [-0.2, -0.15) is 0 Å². The van der Waals surface area contributed by atoms with Crippen molar-refractivity contribution in [3.63, 3.8) is 0 Å². The average molecular weight is 270 g/mol. The molecule has 1 unspecified atom stereocenters. The molecular weight excluding hydrogens is 252 g/mol. The van der Waals surface area contributed by atoms with Crippen LogP contribution in [0, 0.1) is 0 Å². The second-order valence-corrected chi connectivity index (χ2v) is 4.62. The molecule has 0 saturated carbocycles. The van der Waals surface area contributed by atoms with Crippen LogP contribution in [0.4, 0.5) is 0 Å². The number of esters is 1. The van der Waals surface area contributed by atoms with Gasteiger partial charge in [-0.15, -0.1) is 0 Å². The highest BCUT2D eigenvalue weighted by molar-refractivity contribution is 5.69. The van der Waals surface area contributed by atoms with E-state index in [4.69, 9.17) is 0 Å². The molecule has 3 heteroatoms. The van der Waals surface area contributed by atoms with E-state index in [1.807, 2.05) is 54.6 Å². The molecule has 20 heavy (non-hydrogen) atoms. The number of benzene rings is 2. The van der Waals surface area contributed by atoms with E-state index in [-0.39, 0.29) is 12.4 Å². The second kappa shape index (κ2) is 6.87. The van der Waals surface area contributed by atoms with E-state index >= 15 is 0 Å². The van der Waals surface area contributed by atoms with Crippen molar-refractivity contribution in [1.82, 2.24) is 0 Å². The van der Waals surface area contributed by atoms with E-state index < -0.39 is 6.10 Å². The van der Waals surface area contributed by atoms with Crippen LogP contribution in [0.5, 0.6) is 0 Å². The lowest BCUT2D eigenvalue weighted by Crippen LogP contribution is -2.04. The molecule has 104 valence electrons. The number of aliphatic hydroxyl groups is 1. The summed E-state index contributed by atoms with van der Waals surface area (Å²) in [6.45, 7) is 0. The molecule has 0 bridgehead atoms. The SMILES string of the molecule is COC(=O)CCC(O)c1ccc(-c2ccccc2)cc1. The number of hydrogen-bond acceptors (Lipinski definition) is 3. The van der Waals surface area contributed by atoms with Gasteiger partial charge in [-0.25, -0.2) is 0 Å². The molecule has 1 N–H and O–H groups in total. The molecule has 3 nitrogen and oxygen atoms in total. The number of aliphatic hydroxyl groups excluding tert-OH is 1. The minimum absolute atomic E-state index is 0.220. The van der Waals surface area contributed by atoms with Crippen molar-refractivity contribution in [1.29, 1.82) is 0 Å². The third-order valence-corrected chi connectivity index (χ3v) is 3.25. The van der Waals surface area contributed by atoms with Crippen LogP contribution < -0.4 is 0 Å². The van der Waals surface area contributed by atoms with E-state index in [0.717, 1.165) is 16.7 Å². The Bertz CT molecular complexity index is 546. The lowest BCUT2D eigenvalue weighted by atomic mass is 10.00. The Balaban J connectivity index is 2.03. The zero-order chi connectivity index (χ0) is 14.4. The number of hydrogen-bond donors (Lipinski definition) is 1. The Hall–Kier alpha value is -2.13. The van der Waals surface area contributed by atoms with E-state index in [0.29, 0.717) is 6.42 Å². The fourth-order valence-corrected chi connectivity index (χ4v) is 2.05. The molecular formula is C17H18O3. The maximum absolute atomic E-state index is 11.1. The van der Waals surface area contributed by atoms with Crippen molar-refractivity contribution in [3.05, 3.63) is 60.2 Å². The Kier molecular flexibility index (Phi) is 4.91. The summed E-state index contributed by atoms with van der Waals surface area (Å²) in [5, 5.41) is 10.0. The van der Waals surface area contributed by atoms with Gasteiger partial charge in [0.1, 0.15) is 0 Å². The van der Waals surface area contributed by atoms with Gasteiger partial charge in [-0.1, -0.05) is 54.6 Å². The van der Waals surface area contributed by atoms with Crippen LogP contribution in [-0.4, -0.2) is 18.2 Å². The van der Waals surface area contributed by atoms with Gasteiger partial charge in [-0.05, 0) is 23.1 Å². The molecule has 0 amide bonds. The summed E-state index contributed by atoms with van der Waals surface area (Å²) in [7, 11) is 1.35. The first-order valence-electron chi connectivity index (χ1n) is 6.61. The summed E-state index contributed by atoms with van der Waals surface area (Å²) in [4.78, 5) is 11.1. The van der Waals surface area contributed by atoms with Crippen LogP contribution in [0.3, 0.4) is 0 Å². The molecule has 1 atom stereocenters. The van der Waals surface area contributed by atoms with Crippen molar-refractivity contribution in [3.8, 4) is 11.1 Å². The molecule has 0 aromatic heterocycles. The highest BCUT2D eigenvalue weighted by Gasteiger charge is 2.10. The summed E-state index contributed by atoms with van der Waals surface area (Å²) < 4.78 is 4.56. The van der Waals surface area contributed by atoms with Gasteiger partial charge >= 0.3 is 5.97 Å². The molecule has 0 aliphatic heterocycles. The number of ether oxygens (including phenoxy) is 1. The van der Waals surface area contributed by atoms with Crippen molar-refractivity contribution in [2.75, 3.05) is 7.11 Å². The highest BCUT2D eigenvalue weighted by atomic mass is 16.5. The molecule has 2 rings (SSSR count). The molecule has 0 saturated heterocycles. The van der Waals surface area contributed by atoms with Gasteiger partial charge in [0.2, 0.25) is 0 Å². The third-order valence-electron chi connectivity index (χ3n) is 3.25. The van der Waals surface area contributed by atoms with Crippen LogP contribution in [0.15, 0.2) is 54.6 Å². The summed E-state index contributed by atoms with van der Waals surface area (Å²) in [5.41, 5.74) is 3.06. The minimum atomic E-state index is -0.640. The van der Waals surface area contributed by atoms with E-state index in [1.54, 1.807) is 0 Å². The maximum Gasteiger partial charge on any atom is 0.305 e. The van der Waals surface area contributed by atoms with E-state index in [2.05, 4.69) is 4.74 Å². The Morgan fingerprint density at radius 1 is 1.05 bits per heavy atom. The number of rotatable bonds is 5. The van der Waals surface area contributed by atoms with Gasteiger partial charge in [0.05, 0.1) is 13.2 Å². The Morgan fingerprint density at radius 3 is 2.25 bits per heavy atom. The number of carbonyl (C=O) groups is 1. The van der Waals surface area contributed by atoms with Crippen LogP contribution in [0.25, 0.3) is 11.1 Å². The lowest BCUT2D eigenvalue weighted by Gasteiger charge is -2.11. The first kappa shape index (κ1) is 14.3. The fourth-order valence-electron chi connectivity index (χ4n) is 2.05. The first-order valence-corrected chi connectivity index (χ1v) is 6.61. The monoisotopic (exact) mass is 270 g/mol. The van der Waals surface area contributed by atoms with E-state index in [1.165, 1.54) is 7.11 Å². The fraction of sp³-hybridized carbons (Fsp3) is 0.235. The van der Waals surface area contributed by atoms with Crippen LogP contribution in [0.1, 0.15) is 24.5 Å². The zero-order valence-corrected chi connectivity index (χ0v) is 11.5. The molecule has 2 aromatic rings. The van der Waals surface area contributed by atoms with Gasteiger partial charge in [0.25, 0.3) is 0 Å². The number of methoxy groups -OCH3 is 1. The largest absolute Gasteiger partial charge is 0.469 e. The van der Waals surface area contributed by atoms with Crippen molar-refractivity contribution in [2.45, 2.75) is 18.9 Å². The summed E-state index contributed by atoms with van der Waals surface area (Å²) in [5.74, 6) is -0.301. The van der Waals surface area contributed by atoms with Crippen LogP contribution >= 0.6 is 0 Å². The van der Waals surface area contributed by atoms with Gasteiger partial charge < -0.3 is 9.84 Å². The van der Waals surface area contributed by atoms with Crippen molar-refractivity contribution >= 4 is 5.97 Å². The first-order chi connectivity index (χ1) is 9.70. The predicted octanol–water partition coefficient (Wildman–Crippen LogP) is 3.34. The summed E-state index contributed by atoms with van der Waals surface area (Å²) >= 11 is 0. The minimum Gasteiger partial charge on any atom is -0.469 e. The molecule has 0 fully saturated rings. The van der Waals surface area contributed by atoms with Crippen molar-refractivity contribution in [2.24, 2.45) is 0 Å². The third kappa shape index (κ3) is 3.68. The van der Waals surface area contributed by atoms with E-state index in [9.17, 15) is 9.90 Å². The standard InChI is InChI=1S/C17H18O3/c1-20-17(19)12-11-16(18)15-9-7-14(8-10-15)13-5-3-2-4-6-13/h2-10,16,18H,11-12H2,1H3. The lowest BCUT2D eigenvalue weighted by molar-refractivity contribution is -0.141. The number of carbonyl (C=O) groups excluding carboxylic acids is 1. The molecule has 0 radical (unpaired) electrons. The highest BCUT2D eigenvalue weighted by Crippen LogP contribution is 2.23. The second-order valence-electron chi connectivity index (χ2n) is 4.62. The smallest absolute Gasteiger partial charge is 0.305 e. The molecule has 2 aromatic carbocycles. The average Bonchev–Trinajstić information content (AvgIpc) is 2.53. The summed E-state index contributed by atoms with van der Waals surface area (Å²) in [6.07, 6.45) is -0.0472. The maximum atomic E-state index is 11.1. The van der Waals surface area contributed by atoms with Gasteiger partial charge in [0.15, 0.2) is 0 Å². The van der Waals surface area contributed by atoms with Gasteiger partial charge in [0, 0.05) is 6.42 Å². The zero-order valence-electron chi connectivity index (χ0n) is 11.5. The molecule has 0 aliphatic carbocycles.